The van der Waals surface area contributed by atoms with Gasteiger partial charge >= 0.3 is 0 Å². The van der Waals surface area contributed by atoms with Crippen LogP contribution in [0.4, 0.5) is 0 Å². The lowest BCUT2D eigenvalue weighted by Gasteiger charge is -2.10. The Hall–Kier alpha value is -3.28. The Morgan fingerprint density at radius 1 is 1.03 bits per heavy atom. The summed E-state index contributed by atoms with van der Waals surface area (Å²) in [6.45, 7) is 6.61. The standard InChI is InChI=1S/C23H28N2O4/c1-4-5-14-28-19-12-8-18(9-13-19)23(27)25-21(22(24)26)15-17-6-10-20(11-7-17)29-16(2)3/h6-13,15-16H,4-5,14H2,1-3H3,(H2,24,26)(H,25,27)/b21-15+. The van der Waals surface area contributed by atoms with Gasteiger partial charge in [-0.3, -0.25) is 9.59 Å². The van der Waals surface area contributed by atoms with E-state index in [4.69, 9.17) is 15.2 Å². The zero-order valence-electron chi connectivity index (χ0n) is 17.1. The maximum absolute atomic E-state index is 12.5. The van der Waals surface area contributed by atoms with Crippen molar-refractivity contribution in [3.63, 3.8) is 0 Å². The number of carbonyl (C=O) groups is 2. The third-order valence-electron chi connectivity index (χ3n) is 3.96. The Morgan fingerprint density at radius 2 is 1.66 bits per heavy atom. The van der Waals surface area contributed by atoms with Gasteiger partial charge in [0.15, 0.2) is 0 Å². The van der Waals surface area contributed by atoms with Crippen molar-refractivity contribution in [3.05, 3.63) is 65.4 Å². The lowest BCUT2D eigenvalue weighted by molar-refractivity contribution is -0.114. The molecule has 0 aliphatic heterocycles. The monoisotopic (exact) mass is 396 g/mol. The zero-order chi connectivity index (χ0) is 21.2. The molecule has 0 unspecified atom stereocenters. The van der Waals surface area contributed by atoms with E-state index >= 15 is 0 Å². The predicted molar refractivity (Wildman–Crippen MR) is 114 cm³/mol. The maximum Gasteiger partial charge on any atom is 0.265 e. The van der Waals surface area contributed by atoms with Crippen molar-refractivity contribution < 1.29 is 19.1 Å². The molecule has 0 saturated heterocycles. The molecule has 154 valence electrons. The highest BCUT2D eigenvalue weighted by Gasteiger charge is 2.12. The number of rotatable bonds is 10. The Balaban J connectivity index is 2.06. The van der Waals surface area contributed by atoms with Gasteiger partial charge in [0, 0.05) is 5.56 Å². The number of ether oxygens (including phenoxy) is 2. The molecule has 2 rings (SSSR count). The minimum atomic E-state index is -0.722. The van der Waals surface area contributed by atoms with Crippen LogP contribution in [-0.4, -0.2) is 24.5 Å². The molecule has 0 atom stereocenters. The molecular formula is C23H28N2O4. The summed E-state index contributed by atoms with van der Waals surface area (Å²) in [5.74, 6) is 0.280. The number of amides is 2. The number of nitrogens with one attached hydrogen (secondary N) is 1. The molecule has 0 aliphatic carbocycles. The fraction of sp³-hybridized carbons (Fsp3) is 0.304. The van der Waals surface area contributed by atoms with Crippen molar-refractivity contribution in [3.8, 4) is 11.5 Å². The first kappa shape index (κ1) is 22.0. The largest absolute Gasteiger partial charge is 0.494 e. The Kier molecular flexibility index (Phi) is 8.27. The van der Waals surface area contributed by atoms with Crippen molar-refractivity contribution in [2.45, 2.75) is 39.7 Å². The second-order valence-electron chi connectivity index (χ2n) is 6.84. The molecule has 6 heteroatoms. The number of benzene rings is 2. The van der Waals surface area contributed by atoms with E-state index in [0.29, 0.717) is 17.9 Å². The van der Waals surface area contributed by atoms with E-state index in [1.807, 2.05) is 13.8 Å². The SMILES string of the molecule is CCCCOc1ccc(C(=O)N/C(=C/c2ccc(OC(C)C)cc2)C(N)=O)cc1. The molecule has 0 fully saturated rings. The third kappa shape index (κ3) is 7.33. The van der Waals surface area contributed by atoms with Gasteiger partial charge in [-0.15, -0.1) is 0 Å². The molecule has 0 heterocycles. The van der Waals surface area contributed by atoms with E-state index in [-0.39, 0.29) is 11.8 Å². The lowest BCUT2D eigenvalue weighted by atomic mass is 10.1. The topological polar surface area (TPSA) is 90.7 Å². The molecule has 0 saturated carbocycles. The summed E-state index contributed by atoms with van der Waals surface area (Å²) in [6.07, 6.45) is 3.62. The fourth-order valence-electron chi connectivity index (χ4n) is 2.48. The molecule has 0 radical (unpaired) electrons. The van der Waals surface area contributed by atoms with Crippen LogP contribution in [0.2, 0.25) is 0 Å². The molecular weight excluding hydrogens is 368 g/mol. The normalized spacial score (nSPS) is 11.2. The lowest BCUT2D eigenvalue weighted by Crippen LogP contribution is -2.31. The van der Waals surface area contributed by atoms with Crippen LogP contribution in [-0.2, 0) is 4.79 Å². The predicted octanol–water partition coefficient (Wildman–Crippen LogP) is 3.91. The highest BCUT2D eigenvalue weighted by molar-refractivity contribution is 6.04. The minimum absolute atomic E-state index is 0.0100. The summed E-state index contributed by atoms with van der Waals surface area (Å²) < 4.78 is 11.2. The van der Waals surface area contributed by atoms with Crippen molar-refractivity contribution >= 4 is 17.9 Å². The molecule has 3 N–H and O–H groups in total. The number of unbranched alkanes of at least 4 members (excludes halogenated alkanes) is 1. The van der Waals surface area contributed by atoms with E-state index in [9.17, 15) is 9.59 Å². The first-order chi connectivity index (χ1) is 13.9. The van der Waals surface area contributed by atoms with Crippen LogP contribution in [0.1, 0.15) is 49.5 Å². The van der Waals surface area contributed by atoms with Crippen molar-refractivity contribution in [2.24, 2.45) is 5.73 Å². The molecule has 2 aromatic rings. The van der Waals surface area contributed by atoms with Crippen LogP contribution >= 0.6 is 0 Å². The number of carbonyl (C=O) groups excluding carboxylic acids is 2. The summed E-state index contributed by atoms with van der Waals surface area (Å²) in [6, 6.07) is 13.9. The van der Waals surface area contributed by atoms with Gasteiger partial charge in [0.2, 0.25) is 0 Å². The van der Waals surface area contributed by atoms with E-state index in [1.54, 1.807) is 48.5 Å². The van der Waals surface area contributed by atoms with Crippen LogP contribution < -0.4 is 20.5 Å². The van der Waals surface area contributed by atoms with Crippen LogP contribution in [0.25, 0.3) is 6.08 Å². The Morgan fingerprint density at radius 3 is 2.21 bits per heavy atom. The average Bonchev–Trinajstić information content (AvgIpc) is 2.69. The minimum Gasteiger partial charge on any atom is -0.494 e. The van der Waals surface area contributed by atoms with Gasteiger partial charge in [-0.05, 0) is 68.3 Å². The van der Waals surface area contributed by atoms with Gasteiger partial charge in [-0.2, -0.15) is 0 Å². The van der Waals surface area contributed by atoms with Crippen LogP contribution in [0.3, 0.4) is 0 Å². The van der Waals surface area contributed by atoms with E-state index in [1.165, 1.54) is 6.08 Å². The Labute approximate surface area is 171 Å². The van der Waals surface area contributed by atoms with Crippen LogP contribution in [0, 0.1) is 0 Å². The summed E-state index contributed by atoms with van der Waals surface area (Å²) in [5, 5.41) is 2.58. The smallest absolute Gasteiger partial charge is 0.265 e. The zero-order valence-corrected chi connectivity index (χ0v) is 17.1. The molecule has 0 spiro atoms. The summed E-state index contributed by atoms with van der Waals surface area (Å²) >= 11 is 0. The van der Waals surface area contributed by atoms with Gasteiger partial charge in [0.05, 0.1) is 12.7 Å². The highest BCUT2D eigenvalue weighted by atomic mass is 16.5. The van der Waals surface area contributed by atoms with Gasteiger partial charge in [-0.1, -0.05) is 25.5 Å². The third-order valence-corrected chi connectivity index (χ3v) is 3.96. The fourth-order valence-corrected chi connectivity index (χ4v) is 2.48. The van der Waals surface area contributed by atoms with Gasteiger partial charge in [-0.25, -0.2) is 0 Å². The van der Waals surface area contributed by atoms with E-state index in [0.717, 1.165) is 24.2 Å². The molecule has 29 heavy (non-hydrogen) atoms. The van der Waals surface area contributed by atoms with Crippen molar-refractivity contribution in [1.29, 1.82) is 0 Å². The maximum atomic E-state index is 12.5. The summed E-state index contributed by atoms with van der Waals surface area (Å²) in [7, 11) is 0. The average molecular weight is 396 g/mol. The number of hydrogen-bond acceptors (Lipinski definition) is 4. The van der Waals surface area contributed by atoms with Crippen LogP contribution in [0.5, 0.6) is 11.5 Å². The molecule has 6 nitrogen and oxygen atoms in total. The number of nitrogens with two attached hydrogens (primary N) is 1. The molecule has 0 bridgehead atoms. The highest BCUT2D eigenvalue weighted by Crippen LogP contribution is 2.16. The first-order valence-corrected chi connectivity index (χ1v) is 9.71. The summed E-state index contributed by atoms with van der Waals surface area (Å²) in [4.78, 5) is 24.3. The van der Waals surface area contributed by atoms with Crippen molar-refractivity contribution in [2.75, 3.05) is 6.61 Å². The van der Waals surface area contributed by atoms with E-state index < -0.39 is 11.8 Å². The molecule has 2 aromatic carbocycles. The van der Waals surface area contributed by atoms with Gasteiger partial charge < -0.3 is 20.5 Å². The second-order valence-corrected chi connectivity index (χ2v) is 6.84. The summed E-state index contributed by atoms with van der Waals surface area (Å²) in [5.41, 5.74) is 6.56. The first-order valence-electron chi connectivity index (χ1n) is 9.71. The molecule has 0 aliphatic rings. The van der Waals surface area contributed by atoms with Gasteiger partial charge in [0.25, 0.3) is 11.8 Å². The van der Waals surface area contributed by atoms with Crippen molar-refractivity contribution in [1.82, 2.24) is 5.32 Å². The van der Waals surface area contributed by atoms with Crippen LogP contribution in [0.15, 0.2) is 54.2 Å². The molecule has 0 aromatic heterocycles. The Bertz CT molecular complexity index is 840. The molecule has 2 amide bonds. The quantitative estimate of drug-likeness (QED) is 0.471. The second kappa shape index (κ2) is 10.9. The number of hydrogen-bond donors (Lipinski definition) is 2. The van der Waals surface area contributed by atoms with Gasteiger partial charge in [0.1, 0.15) is 17.2 Å². The van der Waals surface area contributed by atoms with E-state index in [2.05, 4.69) is 12.2 Å². The number of primary amides is 1.